The molecule has 1 N–H and O–H groups in total. The summed E-state index contributed by atoms with van der Waals surface area (Å²) < 4.78 is 40.7. The number of nitrogens with zero attached hydrogens (tertiary/aromatic N) is 6. The molecule has 30 heavy (non-hydrogen) atoms. The Morgan fingerprint density at radius 3 is 2.43 bits per heavy atom. The van der Waals surface area contributed by atoms with Gasteiger partial charge in [-0.15, -0.1) is 5.10 Å². The minimum atomic E-state index is -0.690. The summed E-state index contributed by atoms with van der Waals surface area (Å²) in [6, 6.07) is 2.34. The third-order valence-corrected chi connectivity index (χ3v) is 4.89. The van der Waals surface area contributed by atoms with Gasteiger partial charge in [-0.25, -0.2) is 13.5 Å². The molecule has 2 aromatic heterocycles. The van der Waals surface area contributed by atoms with E-state index in [0.717, 1.165) is 0 Å². The molecule has 1 fully saturated rings. The number of nitrogens with one attached hydrogen (secondary N) is 1. The van der Waals surface area contributed by atoms with E-state index in [-0.39, 0.29) is 29.1 Å². The van der Waals surface area contributed by atoms with Crippen molar-refractivity contribution in [1.82, 2.24) is 25.0 Å². The van der Waals surface area contributed by atoms with Crippen molar-refractivity contribution in [3.05, 3.63) is 34.1 Å². The lowest BCUT2D eigenvalue weighted by molar-refractivity contribution is 0.146. The number of anilines is 2. The van der Waals surface area contributed by atoms with Crippen LogP contribution in [-0.2, 0) is 11.8 Å². The molecular formula is C18H21F2N7O3. The molecule has 1 aliphatic rings. The minimum absolute atomic E-state index is 0.0959. The van der Waals surface area contributed by atoms with Crippen LogP contribution >= 0.6 is 0 Å². The van der Waals surface area contributed by atoms with Crippen LogP contribution < -0.4 is 20.1 Å². The summed E-state index contributed by atoms with van der Waals surface area (Å²) in [7, 11) is 3.17. The van der Waals surface area contributed by atoms with Crippen molar-refractivity contribution >= 4 is 22.8 Å². The number of halogens is 2. The second kappa shape index (κ2) is 8.22. The predicted molar refractivity (Wildman–Crippen MR) is 105 cm³/mol. The number of hydrogen-bond acceptors (Lipinski definition) is 8. The zero-order valence-corrected chi connectivity index (χ0v) is 16.6. The Morgan fingerprint density at radius 1 is 1.10 bits per heavy atom. The molecule has 0 spiro atoms. The normalized spacial score (nSPS) is 14.5. The fraction of sp³-hybridized carbons (Fsp3) is 0.444. The van der Waals surface area contributed by atoms with E-state index in [1.54, 1.807) is 11.9 Å². The number of piperazine rings is 1. The number of hydrogen-bond donors (Lipinski definition) is 1. The van der Waals surface area contributed by atoms with Crippen LogP contribution in [0.4, 0.5) is 20.4 Å². The van der Waals surface area contributed by atoms with E-state index in [1.165, 1.54) is 23.9 Å². The third kappa shape index (κ3) is 3.77. The minimum Gasteiger partial charge on any atom is -0.491 e. The summed E-state index contributed by atoms with van der Waals surface area (Å²) >= 11 is 0. The average molecular weight is 421 g/mol. The maximum Gasteiger partial charge on any atom is 0.282 e. The molecule has 3 aromatic rings. The largest absolute Gasteiger partial charge is 0.491 e. The first kappa shape index (κ1) is 20.0. The number of aromatic amines is 1. The zero-order valence-electron chi connectivity index (χ0n) is 16.6. The molecule has 1 saturated heterocycles. The molecule has 0 atom stereocenters. The molecule has 0 aliphatic carbocycles. The van der Waals surface area contributed by atoms with Crippen molar-refractivity contribution in [2.45, 2.75) is 0 Å². The fourth-order valence-corrected chi connectivity index (χ4v) is 3.38. The number of aromatic nitrogens is 5. The van der Waals surface area contributed by atoms with Crippen LogP contribution in [0.15, 0.2) is 16.9 Å². The monoisotopic (exact) mass is 421 g/mol. The van der Waals surface area contributed by atoms with Crippen molar-refractivity contribution in [1.29, 1.82) is 0 Å². The molecule has 160 valence electrons. The van der Waals surface area contributed by atoms with Gasteiger partial charge in [0.15, 0.2) is 22.8 Å². The average Bonchev–Trinajstić information content (AvgIpc) is 3.10. The second-order valence-corrected chi connectivity index (χ2v) is 6.83. The van der Waals surface area contributed by atoms with Crippen molar-refractivity contribution in [3.8, 4) is 5.75 Å². The molecule has 0 unspecified atom stereocenters. The van der Waals surface area contributed by atoms with Gasteiger partial charge in [-0.2, -0.15) is 4.98 Å². The summed E-state index contributed by atoms with van der Waals surface area (Å²) in [5.41, 5.74) is 0.0577. The van der Waals surface area contributed by atoms with Gasteiger partial charge in [-0.1, -0.05) is 5.21 Å². The highest BCUT2D eigenvalue weighted by molar-refractivity contribution is 5.69. The smallest absolute Gasteiger partial charge is 0.282 e. The summed E-state index contributed by atoms with van der Waals surface area (Å²) in [6.07, 6.45) is 0. The zero-order chi connectivity index (χ0) is 21.3. The van der Waals surface area contributed by atoms with E-state index in [2.05, 4.69) is 20.3 Å². The Morgan fingerprint density at radius 2 is 1.77 bits per heavy atom. The summed E-state index contributed by atoms with van der Waals surface area (Å²) in [5.74, 6) is -0.890. The molecule has 0 amide bonds. The van der Waals surface area contributed by atoms with Gasteiger partial charge in [-0.3, -0.25) is 9.78 Å². The lowest BCUT2D eigenvalue weighted by Gasteiger charge is -2.36. The maximum atomic E-state index is 14.6. The van der Waals surface area contributed by atoms with Crippen LogP contribution in [0.5, 0.6) is 5.75 Å². The number of aryl methyl sites for hydroxylation is 1. The standard InChI is InChI=1S/C18H21F2N7O3/c1-25-16-14(23-24-25)17(28)22-18(21-16)27-5-3-26(4-6-27)15-12(19)9-11(10-13(15)20)30-8-7-29-2/h9-10H,3-8H2,1-2H3,(H,21,22,28). The summed E-state index contributed by atoms with van der Waals surface area (Å²) in [5, 5.41) is 7.59. The molecule has 12 heteroatoms. The SMILES string of the molecule is COCCOc1cc(F)c(N2CCN(c3nc4c(nnn4C)c(=O)[nH]3)CC2)c(F)c1. The van der Waals surface area contributed by atoms with E-state index in [1.807, 2.05) is 4.90 Å². The van der Waals surface area contributed by atoms with Crippen molar-refractivity contribution in [2.75, 3.05) is 56.3 Å². The third-order valence-electron chi connectivity index (χ3n) is 4.89. The summed E-state index contributed by atoms with van der Waals surface area (Å²) in [4.78, 5) is 22.8. The van der Waals surface area contributed by atoms with Gasteiger partial charge in [0.25, 0.3) is 5.56 Å². The Bertz CT molecular complexity index is 1090. The fourth-order valence-electron chi connectivity index (χ4n) is 3.38. The Labute approximate surface area is 170 Å². The van der Waals surface area contributed by atoms with Crippen molar-refractivity contribution < 1.29 is 18.3 Å². The topological polar surface area (TPSA) is 101 Å². The molecule has 10 nitrogen and oxygen atoms in total. The molecule has 0 bridgehead atoms. The first-order valence-electron chi connectivity index (χ1n) is 9.38. The lowest BCUT2D eigenvalue weighted by Crippen LogP contribution is -2.48. The molecule has 4 rings (SSSR count). The Kier molecular flexibility index (Phi) is 5.48. The van der Waals surface area contributed by atoms with Gasteiger partial charge in [0.1, 0.15) is 18.0 Å². The Balaban J connectivity index is 1.48. The molecule has 0 radical (unpaired) electrons. The van der Waals surface area contributed by atoms with Gasteiger partial charge in [0.2, 0.25) is 5.95 Å². The number of ether oxygens (including phenoxy) is 2. The van der Waals surface area contributed by atoms with E-state index < -0.39 is 11.6 Å². The van der Waals surface area contributed by atoms with Gasteiger partial charge < -0.3 is 19.3 Å². The van der Waals surface area contributed by atoms with Crippen LogP contribution in [0, 0.1) is 11.6 Å². The molecular weight excluding hydrogens is 400 g/mol. The van der Waals surface area contributed by atoms with Crippen molar-refractivity contribution in [3.63, 3.8) is 0 Å². The van der Waals surface area contributed by atoms with Gasteiger partial charge in [0, 0.05) is 52.5 Å². The molecule has 3 heterocycles. The first-order chi connectivity index (χ1) is 14.5. The molecule has 0 saturated carbocycles. The van der Waals surface area contributed by atoms with Crippen LogP contribution in [0.3, 0.4) is 0 Å². The highest BCUT2D eigenvalue weighted by Gasteiger charge is 2.25. The van der Waals surface area contributed by atoms with Crippen LogP contribution in [0.2, 0.25) is 0 Å². The number of H-pyrrole nitrogens is 1. The van der Waals surface area contributed by atoms with Crippen LogP contribution in [-0.4, -0.2) is 71.5 Å². The lowest BCUT2D eigenvalue weighted by atomic mass is 10.2. The van der Waals surface area contributed by atoms with E-state index in [0.29, 0.717) is 44.4 Å². The van der Waals surface area contributed by atoms with Gasteiger partial charge in [0.05, 0.1) is 6.61 Å². The van der Waals surface area contributed by atoms with E-state index >= 15 is 0 Å². The number of methoxy groups -OCH3 is 1. The van der Waals surface area contributed by atoms with Crippen LogP contribution in [0.25, 0.3) is 11.2 Å². The maximum absolute atomic E-state index is 14.6. The number of fused-ring (bicyclic) bond motifs is 1. The van der Waals surface area contributed by atoms with Gasteiger partial charge >= 0.3 is 0 Å². The van der Waals surface area contributed by atoms with E-state index in [9.17, 15) is 13.6 Å². The predicted octanol–water partition coefficient (Wildman–Crippen LogP) is 0.682. The quantitative estimate of drug-likeness (QED) is 0.580. The summed E-state index contributed by atoms with van der Waals surface area (Å²) in [6.45, 7) is 2.07. The van der Waals surface area contributed by atoms with Crippen molar-refractivity contribution in [2.24, 2.45) is 7.05 Å². The second-order valence-electron chi connectivity index (χ2n) is 6.83. The highest BCUT2D eigenvalue weighted by atomic mass is 19.1. The van der Waals surface area contributed by atoms with Crippen LogP contribution in [0.1, 0.15) is 0 Å². The Hall–Kier alpha value is -3.28. The number of benzene rings is 1. The van der Waals surface area contributed by atoms with Gasteiger partial charge in [-0.05, 0) is 0 Å². The highest BCUT2D eigenvalue weighted by Crippen LogP contribution is 2.29. The van der Waals surface area contributed by atoms with E-state index in [4.69, 9.17) is 9.47 Å². The first-order valence-corrected chi connectivity index (χ1v) is 9.38. The molecule has 1 aromatic carbocycles. The number of rotatable bonds is 6. The molecule has 1 aliphatic heterocycles.